The predicted octanol–water partition coefficient (Wildman–Crippen LogP) is 3.57. The Hall–Kier alpha value is -0.860. The van der Waals surface area contributed by atoms with E-state index in [1.165, 1.54) is 31.5 Å². The smallest absolute Gasteiger partial charge is 0.191 e. The highest BCUT2D eigenvalue weighted by Gasteiger charge is 2.29. The quantitative estimate of drug-likeness (QED) is 0.352. The van der Waals surface area contributed by atoms with Crippen molar-refractivity contribution in [3.05, 3.63) is 35.9 Å². The number of aliphatic imine (C=N–C) groups is 1. The Morgan fingerprint density at radius 1 is 1.19 bits per heavy atom. The maximum absolute atomic E-state index is 5.87. The Kier molecular flexibility index (Phi) is 9.32. The number of benzene rings is 1. The molecule has 0 spiro atoms. The summed E-state index contributed by atoms with van der Waals surface area (Å²) in [5.74, 6) is 0.893. The number of rotatable bonds is 7. The molecule has 2 N–H and O–H groups in total. The molecule has 0 saturated carbocycles. The van der Waals surface area contributed by atoms with E-state index in [1.807, 2.05) is 0 Å². The van der Waals surface area contributed by atoms with Gasteiger partial charge in [-0.15, -0.1) is 24.0 Å². The van der Waals surface area contributed by atoms with E-state index in [4.69, 9.17) is 9.73 Å². The lowest BCUT2D eigenvalue weighted by atomic mass is 10.0. The molecule has 2 atom stereocenters. The minimum absolute atomic E-state index is 0. The molecule has 152 valence electrons. The second-order valence-corrected chi connectivity index (χ2v) is 7.65. The second-order valence-electron chi connectivity index (χ2n) is 7.65. The maximum atomic E-state index is 5.87. The SMILES string of the molecule is CCNC(=NCC1(C)CCCO1)NCC(c1ccccc1)N1CCCC1.I. The number of hydrogen-bond acceptors (Lipinski definition) is 3. The monoisotopic (exact) mass is 486 g/mol. The molecular weight excluding hydrogens is 451 g/mol. The number of hydrogen-bond donors (Lipinski definition) is 2. The Morgan fingerprint density at radius 3 is 2.56 bits per heavy atom. The van der Waals surface area contributed by atoms with Gasteiger partial charge in [0.15, 0.2) is 5.96 Å². The van der Waals surface area contributed by atoms with Gasteiger partial charge < -0.3 is 15.4 Å². The first-order valence-corrected chi connectivity index (χ1v) is 10.2. The van der Waals surface area contributed by atoms with Gasteiger partial charge in [0.2, 0.25) is 0 Å². The van der Waals surface area contributed by atoms with E-state index in [9.17, 15) is 0 Å². The standard InChI is InChI=1S/C21H34N4O.HI/c1-3-22-20(24-17-21(2)12-9-15-26-21)23-16-19(25-13-7-8-14-25)18-10-5-4-6-11-18;/h4-6,10-11,19H,3,7-9,12-17H2,1-2H3,(H2,22,23,24);1H. The minimum Gasteiger partial charge on any atom is -0.373 e. The molecular formula is C21H35IN4O. The van der Waals surface area contributed by atoms with Crippen LogP contribution in [0, 0.1) is 0 Å². The van der Waals surface area contributed by atoms with Crippen LogP contribution in [0.3, 0.4) is 0 Å². The van der Waals surface area contributed by atoms with Gasteiger partial charge in [0.1, 0.15) is 0 Å². The fourth-order valence-electron chi connectivity index (χ4n) is 3.93. The molecule has 1 aromatic carbocycles. The third kappa shape index (κ3) is 6.61. The minimum atomic E-state index is -0.101. The molecule has 2 unspecified atom stereocenters. The summed E-state index contributed by atoms with van der Waals surface area (Å²) in [7, 11) is 0. The number of ether oxygens (including phenoxy) is 1. The zero-order valence-electron chi connectivity index (χ0n) is 16.7. The van der Waals surface area contributed by atoms with Crippen LogP contribution in [0.5, 0.6) is 0 Å². The van der Waals surface area contributed by atoms with Crippen LogP contribution in [0.15, 0.2) is 35.3 Å². The van der Waals surface area contributed by atoms with Crippen LogP contribution in [0.4, 0.5) is 0 Å². The molecule has 0 aromatic heterocycles. The number of likely N-dealkylation sites (tertiary alicyclic amines) is 1. The summed E-state index contributed by atoms with van der Waals surface area (Å²) < 4.78 is 5.87. The Balaban J connectivity index is 0.00000261. The fourth-order valence-corrected chi connectivity index (χ4v) is 3.93. The number of halogens is 1. The van der Waals surface area contributed by atoms with Crippen LogP contribution in [0.2, 0.25) is 0 Å². The molecule has 6 heteroatoms. The summed E-state index contributed by atoms with van der Waals surface area (Å²) in [6, 6.07) is 11.2. The van der Waals surface area contributed by atoms with Crippen molar-refractivity contribution in [1.82, 2.24) is 15.5 Å². The van der Waals surface area contributed by atoms with Crippen molar-refractivity contribution in [2.45, 2.75) is 51.2 Å². The summed E-state index contributed by atoms with van der Waals surface area (Å²) in [5, 5.41) is 6.96. The molecule has 2 saturated heterocycles. The van der Waals surface area contributed by atoms with Crippen LogP contribution in [0.25, 0.3) is 0 Å². The Labute approximate surface area is 181 Å². The third-order valence-electron chi connectivity index (χ3n) is 5.44. The van der Waals surface area contributed by atoms with Crippen LogP contribution in [0.1, 0.15) is 51.1 Å². The summed E-state index contributed by atoms with van der Waals surface area (Å²) in [6.07, 6.45) is 4.83. The molecule has 27 heavy (non-hydrogen) atoms. The molecule has 5 nitrogen and oxygen atoms in total. The molecule has 2 aliphatic heterocycles. The van der Waals surface area contributed by atoms with Crippen LogP contribution in [-0.2, 0) is 4.74 Å². The molecule has 0 amide bonds. The van der Waals surface area contributed by atoms with Gasteiger partial charge in [0.25, 0.3) is 0 Å². The van der Waals surface area contributed by atoms with Gasteiger partial charge in [0, 0.05) is 19.7 Å². The molecule has 0 radical (unpaired) electrons. The molecule has 0 aliphatic carbocycles. The fraction of sp³-hybridized carbons (Fsp3) is 0.667. The largest absolute Gasteiger partial charge is 0.373 e. The summed E-state index contributed by atoms with van der Waals surface area (Å²) >= 11 is 0. The van der Waals surface area contributed by atoms with Gasteiger partial charge in [-0.05, 0) is 58.2 Å². The molecule has 2 heterocycles. The number of nitrogens with zero attached hydrogens (tertiary/aromatic N) is 2. The maximum Gasteiger partial charge on any atom is 0.191 e. The van der Waals surface area contributed by atoms with E-state index >= 15 is 0 Å². The van der Waals surface area contributed by atoms with Gasteiger partial charge in [-0.3, -0.25) is 9.89 Å². The highest BCUT2D eigenvalue weighted by molar-refractivity contribution is 14.0. The Bertz CT molecular complexity index is 569. The lowest BCUT2D eigenvalue weighted by Crippen LogP contribution is -2.43. The van der Waals surface area contributed by atoms with Gasteiger partial charge in [-0.25, -0.2) is 0 Å². The van der Waals surface area contributed by atoms with Crippen LogP contribution < -0.4 is 10.6 Å². The van der Waals surface area contributed by atoms with E-state index in [0.717, 1.165) is 38.5 Å². The van der Waals surface area contributed by atoms with Gasteiger partial charge in [-0.1, -0.05) is 30.3 Å². The van der Waals surface area contributed by atoms with E-state index in [-0.39, 0.29) is 29.6 Å². The summed E-state index contributed by atoms with van der Waals surface area (Å²) in [5.41, 5.74) is 1.28. The first kappa shape index (κ1) is 22.4. The molecule has 1 aromatic rings. The van der Waals surface area contributed by atoms with E-state index < -0.39 is 0 Å². The highest BCUT2D eigenvalue weighted by Crippen LogP contribution is 2.26. The first-order valence-electron chi connectivity index (χ1n) is 10.2. The normalized spacial score (nSPS) is 24.4. The van der Waals surface area contributed by atoms with Crippen molar-refractivity contribution in [2.24, 2.45) is 4.99 Å². The van der Waals surface area contributed by atoms with Crippen LogP contribution >= 0.6 is 24.0 Å². The zero-order chi connectivity index (χ0) is 18.2. The second kappa shape index (κ2) is 11.2. The van der Waals surface area contributed by atoms with Crippen molar-refractivity contribution >= 4 is 29.9 Å². The van der Waals surface area contributed by atoms with Crippen molar-refractivity contribution < 1.29 is 4.74 Å². The van der Waals surface area contributed by atoms with Crippen LogP contribution in [-0.4, -0.2) is 55.8 Å². The zero-order valence-corrected chi connectivity index (χ0v) is 19.1. The summed E-state index contributed by atoms with van der Waals surface area (Å²) in [6.45, 7) is 9.95. The lowest BCUT2D eigenvalue weighted by Gasteiger charge is -2.29. The molecule has 2 fully saturated rings. The predicted molar refractivity (Wildman–Crippen MR) is 123 cm³/mol. The van der Waals surface area contributed by atoms with Gasteiger partial charge in [-0.2, -0.15) is 0 Å². The number of guanidine groups is 1. The molecule has 0 bridgehead atoms. The topological polar surface area (TPSA) is 48.9 Å². The highest BCUT2D eigenvalue weighted by atomic mass is 127. The third-order valence-corrected chi connectivity index (χ3v) is 5.44. The van der Waals surface area contributed by atoms with E-state index in [2.05, 4.69) is 59.7 Å². The Morgan fingerprint density at radius 2 is 1.93 bits per heavy atom. The van der Waals surface area contributed by atoms with E-state index in [0.29, 0.717) is 12.6 Å². The van der Waals surface area contributed by atoms with Crippen molar-refractivity contribution in [1.29, 1.82) is 0 Å². The lowest BCUT2D eigenvalue weighted by molar-refractivity contribution is 0.0283. The van der Waals surface area contributed by atoms with E-state index in [1.54, 1.807) is 0 Å². The van der Waals surface area contributed by atoms with Crippen molar-refractivity contribution in [3.8, 4) is 0 Å². The van der Waals surface area contributed by atoms with Crippen molar-refractivity contribution in [3.63, 3.8) is 0 Å². The molecule has 3 rings (SSSR count). The summed E-state index contributed by atoms with van der Waals surface area (Å²) in [4.78, 5) is 7.40. The average Bonchev–Trinajstić information content (AvgIpc) is 3.33. The number of nitrogens with one attached hydrogen (secondary N) is 2. The average molecular weight is 486 g/mol. The van der Waals surface area contributed by atoms with Gasteiger partial charge >= 0.3 is 0 Å². The molecule has 2 aliphatic rings. The first-order chi connectivity index (χ1) is 12.7. The van der Waals surface area contributed by atoms with Crippen molar-refractivity contribution in [2.75, 3.05) is 39.3 Å². The van der Waals surface area contributed by atoms with Gasteiger partial charge in [0.05, 0.1) is 18.2 Å².